The van der Waals surface area contributed by atoms with Crippen LogP contribution in [0.15, 0.2) is 31.0 Å². The van der Waals surface area contributed by atoms with E-state index < -0.39 is 0 Å². The second-order valence-corrected chi connectivity index (χ2v) is 3.95. The van der Waals surface area contributed by atoms with Crippen molar-refractivity contribution in [3.8, 4) is 0 Å². The number of halogens is 1. The van der Waals surface area contributed by atoms with Gasteiger partial charge < -0.3 is 10.2 Å². The standard InChI is InChI=1S/C12H14FN3O/c1-2-11(17)15-9-5-7-16(8-9)12-10(13)4-3-6-14-12/h2-4,6,9H,1,5,7-8H2,(H,15,17). The van der Waals surface area contributed by atoms with Crippen LogP contribution in [0, 0.1) is 5.82 Å². The van der Waals surface area contributed by atoms with Crippen LogP contribution >= 0.6 is 0 Å². The molecule has 4 nitrogen and oxygen atoms in total. The number of anilines is 1. The van der Waals surface area contributed by atoms with Crippen molar-refractivity contribution in [1.82, 2.24) is 10.3 Å². The molecule has 0 bridgehead atoms. The first-order valence-corrected chi connectivity index (χ1v) is 5.49. The van der Waals surface area contributed by atoms with Gasteiger partial charge in [0, 0.05) is 25.3 Å². The fraction of sp³-hybridized carbons (Fsp3) is 0.333. The highest BCUT2D eigenvalue weighted by molar-refractivity contribution is 5.87. The van der Waals surface area contributed by atoms with Gasteiger partial charge in [0.15, 0.2) is 11.6 Å². The monoisotopic (exact) mass is 235 g/mol. The molecular weight excluding hydrogens is 221 g/mol. The Morgan fingerprint density at radius 1 is 1.71 bits per heavy atom. The average molecular weight is 235 g/mol. The zero-order valence-electron chi connectivity index (χ0n) is 9.40. The van der Waals surface area contributed by atoms with Crippen LogP contribution in [0.3, 0.4) is 0 Å². The predicted molar refractivity (Wildman–Crippen MR) is 63.2 cm³/mol. The minimum absolute atomic E-state index is 0.0295. The molecule has 1 fully saturated rings. The van der Waals surface area contributed by atoms with E-state index in [1.165, 1.54) is 12.1 Å². The number of pyridine rings is 1. The number of nitrogens with zero attached hydrogens (tertiary/aromatic N) is 2. The normalized spacial score (nSPS) is 19.1. The molecule has 1 amide bonds. The van der Waals surface area contributed by atoms with Gasteiger partial charge in [0.1, 0.15) is 0 Å². The Bertz CT molecular complexity index is 436. The number of carbonyl (C=O) groups is 1. The van der Waals surface area contributed by atoms with Crippen molar-refractivity contribution in [2.24, 2.45) is 0 Å². The smallest absolute Gasteiger partial charge is 0.243 e. The number of hydrogen-bond acceptors (Lipinski definition) is 3. The third-order valence-corrected chi connectivity index (χ3v) is 2.76. The van der Waals surface area contributed by atoms with Crippen LogP contribution in [0.2, 0.25) is 0 Å². The number of hydrogen-bond donors (Lipinski definition) is 1. The predicted octanol–water partition coefficient (Wildman–Crippen LogP) is 1.10. The van der Waals surface area contributed by atoms with Crippen molar-refractivity contribution in [2.75, 3.05) is 18.0 Å². The van der Waals surface area contributed by atoms with Gasteiger partial charge in [-0.2, -0.15) is 0 Å². The van der Waals surface area contributed by atoms with Crippen molar-refractivity contribution >= 4 is 11.7 Å². The Balaban J connectivity index is 2.01. The van der Waals surface area contributed by atoms with E-state index >= 15 is 0 Å². The Kier molecular flexibility index (Phi) is 3.37. The zero-order chi connectivity index (χ0) is 12.3. The third-order valence-electron chi connectivity index (χ3n) is 2.76. The quantitative estimate of drug-likeness (QED) is 0.798. The summed E-state index contributed by atoms with van der Waals surface area (Å²) in [6.45, 7) is 4.66. The number of carbonyl (C=O) groups excluding carboxylic acids is 1. The third kappa shape index (κ3) is 2.61. The van der Waals surface area contributed by atoms with Gasteiger partial charge in [-0.15, -0.1) is 0 Å². The number of nitrogens with one attached hydrogen (secondary N) is 1. The average Bonchev–Trinajstić information content (AvgIpc) is 2.78. The van der Waals surface area contributed by atoms with Crippen LogP contribution in [0.5, 0.6) is 0 Å². The van der Waals surface area contributed by atoms with Gasteiger partial charge in [0.2, 0.25) is 5.91 Å². The highest BCUT2D eigenvalue weighted by Gasteiger charge is 2.25. The first-order valence-electron chi connectivity index (χ1n) is 5.49. The number of aromatic nitrogens is 1. The molecule has 5 heteroatoms. The fourth-order valence-electron chi connectivity index (χ4n) is 1.94. The topological polar surface area (TPSA) is 45.2 Å². The first-order chi connectivity index (χ1) is 8.20. The summed E-state index contributed by atoms with van der Waals surface area (Å²) >= 11 is 0. The van der Waals surface area contributed by atoms with E-state index in [-0.39, 0.29) is 17.8 Å². The van der Waals surface area contributed by atoms with E-state index in [2.05, 4.69) is 16.9 Å². The van der Waals surface area contributed by atoms with E-state index in [0.29, 0.717) is 18.9 Å². The lowest BCUT2D eigenvalue weighted by molar-refractivity contribution is -0.117. The summed E-state index contributed by atoms with van der Waals surface area (Å²) in [7, 11) is 0. The van der Waals surface area contributed by atoms with Crippen LogP contribution < -0.4 is 10.2 Å². The van der Waals surface area contributed by atoms with Crippen molar-refractivity contribution in [1.29, 1.82) is 0 Å². The summed E-state index contributed by atoms with van der Waals surface area (Å²) in [5.74, 6) is -0.176. The minimum Gasteiger partial charge on any atom is -0.352 e. The van der Waals surface area contributed by atoms with Crippen molar-refractivity contribution in [2.45, 2.75) is 12.5 Å². The summed E-state index contributed by atoms with van der Waals surface area (Å²) in [5, 5.41) is 2.80. The zero-order valence-corrected chi connectivity index (χ0v) is 9.40. The van der Waals surface area contributed by atoms with Crippen molar-refractivity contribution in [3.05, 3.63) is 36.8 Å². The molecule has 1 aliphatic heterocycles. The van der Waals surface area contributed by atoms with Gasteiger partial charge >= 0.3 is 0 Å². The van der Waals surface area contributed by atoms with Crippen molar-refractivity contribution in [3.63, 3.8) is 0 Å². The minimum atomic E-state index is -0.330. The second-order valence-electron chi connectivity index (χ2n) is 3.95. The summed E-state index contributed by atoms with van der Waals surface area (Å²) in [6.07, 6.45) is 3.59. The maximum absolute atomic E-state index is 13.5. The second kappa shape index (κ2) is 4.95. The van der Waals surface area contributed by atoms with E-state index in [1.807, 2.05) is 4.90 Å². The van der Waals surface area contributed by atoms with E-state index in [0.717, 1.165) is 6.42 Å². The molecule has 1 aromatic heterocycles. The highest BCUT2D eigenvalue weighted by atomic mass is 19.1. The molecule has 2 rings (SSSR count). The summed E-state index contributed by atoms with van der Waals surface area (Å²) in [6, 6.07) is 2.98. The molecule has 90 valence electrons. The molecule has 0 saturated carbocycles. The Labute approximate surface area is 99.1 Å². The van der Waals surface area contributed by atoms with Crippen LogP contribution in [0.25, 0.3) is 0 Å². The number of rotatable bonds is 3. The molecule has 1 aliphatic rings. The van der Waals surface area contributed by atoms with E-state index in [9.17, 15) is 9.18 Å². The molecule has 0 radical (unpaired) electrons. The molecule has 1 unspecified atom stereocenters. The maximum Gasteiger partial charge on any atom is 0.243 e. The van der Waals surface area contributed by atoms with Crippen LogP contribution in [0.4, 0.5) is 10.2 Å². The molecule has 1 N–H and O–H groups in total. The molecule has 2 heterocycles. The summed E-state index contributed by atoms with van der Waals surface area (Å²) in [4.78, 5) is 17.0. The van der Waals surface area contributed by atoms with Gasteiger partial charge in [-0.3, -0.25) is 4.79 Å². The molecule has 0 spiro atoms. The van der Waals surface area contributed by atoms with Crippen LogP contribution in [-0.4, -0.2) is 30.0 Å². The molecule has 1 saturated heterocycles. The highest BCUT2D eigenvalue weighted by Crippen LogP contribution is 2.20. The van der Waals surface area contributed by atoms with E-state index in [4.69, 9.17) is 0 Å². The molecule has 1 aromatic rings. The summed E-state index contributed by atoms with van der Waals surface area (Å²) in [5.41, 5.74) is 0. The Morgan fingerprint density at radius 3 is 3.24 bits per heavy atom. The molecule has 0 aliphatic carbocycles. The van der Waals surface area contributed by atoms with Gasteiger partial charge in [-0.25, -0.2) is 9.37 Å². The van der Waals surface area contributed by atoms with Gasteiger partial charge in [0.05, 0.1) is 0 Å². The largest absolute Gasteiger partial charge is 0.352 e. The lowest BCUT2D eigenvalue weighted by atomic mass is 10.2. The van der Waals surface area contributed by atoms with Crippen LogP contribution in [-0.2, 0) is 4.79 Å². The SMILES string of the molecule is C=CC(=O)NC1CCN(c2ncccc2F)C1. The van der Waals surface area contributed by atoms with E-state index in [1.54, 1.807) is 12.3 Å². The van der Waals surface area contributed by atoms with Gasteiger partial charge in [-0.05, 0) is 24.6 Å². The molecule has 1 atom stereocenters. The first kappa shape index (κ1) is 11.6. The lowest BCUT2D eigenvalue weighted by Crippen LogP contribution is -2.36. The fourth-order valence-corrected chi connectivity index (χ4v) is 1.94. The molecule has 0 aromatic carbocycles. The summed E-state index contributed by atoms with van der Waals surface area (Å²) < 4.78 is 13.5. The Morgan fingerprint density at radius 2 is 2.53 bits per heavy atom. The van der Waals surface area contributed by atoms with Gasteiger partial charge in [-0.1, -0.05) is 6.58 Å². The maximum atomic E-state index is 13.5. The molecule has 17 heavy (non-hydrogen) atoms. The number of amides is 1. The van der Waals surface area contributed by atoms with Crippen molar-refractivity contribution < 1.29 is 9.18 Å². The molecular formula is C12H14FN3O. The lowest BCUT2D eigenvalue weighted by Gasteiger charge is -2.17. The Hall–Kier alpha value is -1.91. The van der Waals surface area contributed by atoms with Crippen LogP contribution in [0.1, 0.15) is 6.42 Å². The van der Waals surface area contributed by atoms with Gasteiger partial charge in [0.25, 0.3) is 0 Å².